The second-order valence-electron chi connectivity index (χ2n) is 8.25. The van der Waals surface area contributed by atoms with Crippen molar-refractivity contribution in [3.8, 4) is 0 Å². The molecule has 5 rings (SSSR count). The molecule has 8 nitrogen and oxygen atoms in total. The summed E-state index contributed by atoms with van der Waals surface area (Å²) in [5, 5.41) is 5.25. The first-order chi connectivity index (χ1) is 15.1. The summed E-state index contributed by atoms with van der Waals surface area (Å²) in [6, 6.07) is 11.9. The van der Waals surface area contributed by atoms with E-state index in [1.807, 2.05) is 17.9 Å². The molecule has 0 spiro atoms. The molecule has 0 saturated carbocycles. The molecular formula is C22H26N6O2S. The second-order valence-corrected chi connectivity index (χ2v) is 9.18. The first-order valence-electron chi connectivity index (χ1n) is 10.8. The van der Waals surface area contributed by atoms with Crippen LogP contribution in [0, 0.1) is 12.8 Å². The van der Waals surface area contributed by atoms with Crippen LogP contribution < -0.4 is 15.4 Å². The molecule has 1 aromatic carbocycles. The minimum Gasteiger partial charge on any atom is -0.368 e. The maximum Gasteiger partial charge on any atom is 0.275 e. The third kappa shape index (κ3) is 4.01. The largest absolute Gasteiger partial charge is 0.368 e. The number of amides is 1. The number of piperidine rings is 1. The Kier molecular flexibility index (Phi) is 5.35. The first-order valence-corrected chi connectivity index (χ1v) is 11.6. The van der Waals surface area contributed by atoms with Crippen molar-refractivity contribution in [3.63, 3.8) is 0 Å². The van der Waals surface area contributed by atoms with Gasteiger partial charge in [0.05, 0.1) is 5.92 Å². The molecule has 2 aromatic heterocycles. The molecule has 2 saturated heterocycles. The third-order valence-electron chi connectivity index (χ3n) is 6.12. The van der Waals surface area contributed by atoms with Gasteiger partial charge in [-0.1, -0.05) is 29.5 Å². The number of carbonyl (C=O) groups excluding carboxylic acids is 1. The quantitative estimate of drug-likeness (QED) is 0.623. The number of piperazine rings is 1. The van der Waals surface area contributed by atoms with E-state index in [9.17, 15) is 9.59 Å². The van der Waals surface area contributed by atoms with E-state index in [4.69, 9.17) is 0 Å². The number of nitrogens with zero attached hydrogens (tertiary/aromatic N) is 6. The molecule has 0 radical (unpaired) electrons. The van der Waals surface area contributed by atoms with E-state index < -0.39 is 0 Å². The monoisotopic (exact) mass is 438 g/mol. The van der Waals surface area contributed by atoms with Crippen molar-refractivity contribution in [2.45, 2.75) is 19.8 Å². The Balaban J connectivity index is 1.25. The molecule has 162 valence electrons. The van der Waals surface area contributed by atoms with Crippen LogP contribution in [-0.2, 0) is 4.79 Å². The Morgan fingerprint density at radius 2 is 1.84 bits per heavy atom. The van der Waals surface area contributed by atoms with Crippen LogP contribution in [0.3, 0.4) is 0 Å². The predicted molar refractivity (Wildman–Crippen MR) is 122 cm³/mol. The molecule has 0 bridgehead atoms. The van der Waals surface area contributed by atoms with Gasteiger partial charge in [-0.25, -0.2) is 4.98 Å². The zero-order valence-electron chi connectivity index (χ0n) is 17.6. The van der Waals surface area contributed by atoms with Crippen LogP contribution in [0.1, 0.15) is 18.5 Å². The van der Waals surface area contributed by atoms with Crippen LogP contribution in [0.2, 0.25) is 0 Å². The van der Waals surface area contributed by atoms with Gasteiger partial charge in [-0.05, 0) is 31.9 Å². The van der Waals surface area contributed by atoms with Crippen molar-refractivity contribution >= 4 is 33.0 Å². The topological polar surface area (TPSA) is 74.1 Å². The first kappa shape index (κ1) is 20.0. The maximum absolute atomic E-state index is 13.2. The van der Waals surface area contributed by atoms with Gasteiger partial charge in [0.2, 0.25) is 16.0 Å². The molecule has 1 unspecified atom stereocenters. The van der Waals surface area contributed by atoms with Gasteiger partial charge in [-0.3, -0.25) is 9.59 Å². The average molecular weight is 439 g/mol. The zero-order valence-corrected chi connectivity index (χ0v) is 18.4. The van der Waals surface area contributed by atoms with E-state index >= 15 is 0 Å². The van der Waals surface area contributed by atoms with Gasteiger partial charge in [0, 0.05) is 56.7 Å². The van der Waals surface area contributed by atoms with Crippen LogP contribution in [0.4, 0.5) is 10.8 Å². The van der Waals surface area contributed by atoms with Crippen LogP contribution in [0.25, 0.3) is 4.96 Å². The van der Waals surface area contributed by atoms with Crippen molar-refractivity contribution in [2.75, 3.05) is 49.1 Å². The van der Waals surface area contributed by atoms with E-state index in [1.54, 1.807) is 0 Å². The fraction of sp³-hybridized carbons (Fsp3) is 0.455. The van der Waals surface area contributed by atoms with Crippen LogP contribution in [-0.4, -0.2) is 64.7 Å². The van der Waals surface area contributed by atoms with Gasteiger partial charge in [0.1, 0.15) is 0 Å². The smallest absolute Gasteiger partial charge is 0.275 e. The summed E-state index contributed by atoms with van der Waals surface area (Å²) in [6.07, 6.45) is 1.84. The molecule has 2 aliphatic rings. The van der Waals surface area contributed by atoms with Crippen LogP contribution in [0.5, 0.6) is 0 Å². The Morgan fingerprint density at radius 1 is 1.06 bits per heavy atom. The summed E-state index contributed by atoms with van der Waals surface area (Å²) in [5.41, 5.74) is 1.75. The maximum atomic E-state index is 13.2. The minimum atomic E-state index is -0.161. The van der Waals surface area contributed by atoms with Gasteiger partial charge in [-0.2, -0.15) is 4.52 Å². The second kappa shape index (κ2) is 8.30. The van der Waals surface area contributed by atoms with Crippen molar-refractivity contribution in [3.05, 3.63) is 52.4 Å². The average Bonchev–Trinajstić information content (AvgIpc) is 3.24. The minimum absolute atomic E-state index is 0.0320. The zero-order chi connectivity index (χ0) is 21.4. The van der Waals surface area contributed by atoms with Gasteiger partial charge >= 0.3 is 0 Å². The molecule has 0 N–H and O–H groups in total. The molecule has 31 heavy (non-hydrogen) atoms. The fourth-order valence-electron chi connectivity index (χ4n) is 4.47. The molecule has 9 heteroatoms. The molecule has 1 amide bonds. The number of rotatable bonds is 3. The highest BCUT2D eigenvalue weighted by molar-refractivity contribution is 7.20. The fourth-order valence-corrected chi connectivity index (χ4v) is 5.46. The van der Waals surface area contributed by atoms with Crippen molar-refractivity contribution < 1.29 is 4.79 Å². The Morgan fingerprint density at radius 3 is 2.61 bits per heavy atom. The van der Waals surface area contributed by atoms with Gasteiger partial charge in [0.25, 0.3) is 5.56 Å². The Bertz CT molecular complexity index is 1140. The molecule has 1 atom stereocenters. The molecule has 2 aliphatic heterocycles. The van der Waals surface area contributed by atoms with E-state index in [2.05, 4.69) is 44.1 Å². The summed E-state index contributed by atoms with van der Waals surface area (Å²) in [4.78, 5) is 36.9. The van der Waals surface area contributed by atoms with E-state index in [0.29, 0.717) is 17.2 Å². The number of para-hydroxylation sites is 1. The molecular weight excluding hydrogens is 412 g/mol. The number of fused-ring (bicyclic) bond motifs is 1. The predicted octanol–water partition coefficient (Wildman–Crippen LogP) is 2.02. The summed E-state index contributed by atoms with van der Waals surface area (Å²) in [7, 11) is 0. The number of carbonyl (C=O) groups is 1. The van der Waals surface area contributed by atoms with E-state index in [0.717, 1.165) is 50.7 Å². The number of hydrogen-bond donors (Lipinski definition) is 0. The summed E-state index contributed by atoms with van der Waals surface area (Å²) < 4.78 is 1.36. The van der Waals surface area contributed by atoms with Crippen molar-refractivity contribution in [1.29, 1.82) is 0 Å². The van der Waals surface area contributed by atoms with Crippen LogP contribution >= 0.6 is 11.3 Å². The molecule has 4 heterocycles. The Hall–Kier alpha value is -2.94. The highest BCUT2D eigenvalue weighted by atomic mass is 32.1. The lowest BCUT2D eigenvalue weighted by Crippen LogP contribution is -2.52. The number of hydrogen-bond acceptors (Lipinski definition) is 7. The van der Waals surface area contributed by atoms with Crippen molar-refractivity contribution in [1.82, 2.24) is 19.5 Å². The van der Waals surface area contributed by atoms with Gasteiger partial charge in [-0.15, -0.1) is 5.10 Å². The normalized spacial score (nSPS) is 19.8. The Labute approximate surface area is 184 Å². The third-order valence-corrected chi connectivity index (χ3v) is 7.09. The van der Waals surface area contributed by atoms with Gasteiger partial charge < -0.3 is 14.7 Å². The van der Waals surface area contributed by atoms with Gasteiger partial charge in [0.15, 0.2) is 0 Å². The number of aromatic nitrogens is 3. The SMILES string of the molecule is Cc1cc(=O)n2nc(N3CCCC(C(=O)N4CCN(c5ccccc5)CC4)C3)sc2n1. The van der Waals surface area contributed by atoms with Crippen molar-refractivity contribution in [2.24, 2.45) is 5.92 Å². The summed E-state index contributed by atoms with van der Waals surface area (Å²) in [5.74, 6) is 0.208. The summed E-state index contributed by atoms with van der Waals surface area (Å²) >= 11 is 1.41. The highest BCUT2D eigenvalue weighted by Gasteiger charge is 2.32. The molecule has 0 aliphatic carbocycles. The van der Waals surface area contributed by atoms with E-state index in [-0.39, 0.29) is 17.4 Å². The van der Waals surface area contributed by atoms with E-state index in [1.165, 1.54) is 27.6 Å². The number of anilines is 2. The molecule has 3 aromatic rings. The lowest BCUT2D eigenvalue weighted by atomic mass is 9.96. The summed E-state index contributed by atoms with van der Waals surface area (Å²) in [6.45, 7) is 6.53. The van der Waals surface area contributed by atoms with Crippen LogP contribution in [0.15, 0.2) is 41.2 Å². The lowest BCUT2D eigenvalue weighted by Gasteiger charge is -2.39. The standard InChI is InChI=1S/C22H26N6O2S/c1-16-14-19(29)28-21(23-16)31-22(24-28)27-9-5-6-17(15-27)20(30)26-12-10-25(11-13-26)18-7-3-2-4-8-18/h2-4,7-8,14,17H,5-6,9-13,15H2,1H3. The number of aryl methyl sites for hydroxylation is 1. The molecule has 2 fully saturated rings. The highest BCUT2D eigenvalue weighted by Crippen LogP contribution is 2.28. The lowest BCUT2D eigenvalue weighted by molar-refractivity contribution is -0.136. The number of benzene rings is 1.